The lowest BCUT2D eigenvalue weighted by Gasteiger charge is -2.28. The van der Waals surface area contributed by atoms with Gasteiger partial charge in [-0.1, -0.05) is 60.7 Å². The SMILES string of the molecule is CCOC(=O)c1cccc(N2C(=O)C(O)=C(C(=O)c3sc(-c4ccccc4)nc3C)C2c2ccccc2C)c1. The third kappa shape index (κ3) is 4.75. The van der Waals surface area contributed by atoms with Crippen LogP contribution in [-0.4, -0.2) is 34.4 Å². The van der Waals surface area contributed by atoms with E-state index < -0.39 is 29.5 Å². The van der Waals surface area contributed by atoms with Crippen molar-refractivity contribution < 1.29 is 24.2 Å². The summed E-state index contributed by atoms with van der Waals surface area (Å²) in [6, 6.07) is 22.4. The summed E-state index contributed by atoms with van der Waals surface area (Å²) in [4.78, 5) is 46.5. The van der Waals surface area contributed by atoms with Gasteiger partial charge in [0.25, 0.3) is 5.91 Å². The highest BCUT2D eigenvalue weighted by Gasteiger charge is 2.46. The van der Waals surface area contributed by atoms with E-state index in [1.54, 1.807) is 32.0 Å². The molecule has 1 atom stereocenters. The van der Waals surface area contributed by atoms with E-state index in [0.29, 0.717) is 26.8 Å². The van der Waals surface area contributed by atoms with Gasteiger partial charge in [0.05, 0.1) is 34.4 Å². The highest BCUT2D eigenvalue weighted by atomic mass is 32.1. The predicted octanol–water partition coefficient (Wildman–Crippen LogP) is 6.39. The van der Waals surface area contributed by atoms with Gasteiger partial charge in [0, 0.05) is 11.3 Å². The number of esters is 1. The highest BCUT2D eigenvalue weighted by Crippen LogP contribution is 2.44. The lowest BCUT2D eigenvalue weighted by Crippen LogP contribution is -2.31. The summed E-state index contributed by atoms with van der Waals surface area (Å²) in [5, 5.41) is 11.9. The van der Waals surface area contributed by atoms with Crippen molar-refractivity contribution in [3.8, 4) is 10.6 Å². The number of carbonyl (C=O) groups is 3. The number of hydrogen-bond acceptors (Lipinski definition) is 7. The van der Waals surface area contributed by atoms with Crippen LogP contribution in [0.2, 0.25) is 0 Å². The van der Waals surface area contributed by atoms with Gasteiger partial charge < -0.3 is 9.84 Å². The Bertz CT molecular complexity index is 1620. The van der Waals surface area contributed by atoms with E-state index in [1.165, 1.54) is 22.3 Å². The van der Waals surface area contributed by atoms with E-state index in [0.717, 1.165) is 11.1 Å². The second-order valence-corrected chi connectivity index (χ2v) is 10.1. The van der Waals surface area contributed by atoms with Crippen LogP contribution in [0.3, 0.4) is 0 Å². The van der Waals surface area contributed by atoms with Crippen molar-refractivity contribution in [3.63, 3.8) is 0 Å². The smallest absolute Gasteiger partial charge is 0.338 e. The molecule has 7 nitrogen and oxygen atoms in total. The second kappa shape index (κ2) is 10.7. The van der Waals surface area contributed by atoms with Gasteiger partial charge in [0.1, 0.15) is 5.01 Å². The minimum absolute atomic E-state index is 0.0257. The van der Waals surface area contributed by atoms with Gasteiger partial charge in [-0.25, -0.2) is 9.78 Å². The second-order valence-electron chi connectivity index (χ2n) is 9.10. The summed E-state index contributed by atoms with van der Waals surface area (Å²) in [6.45, 7) is 5.55. The monoisotopic (exact) mass is 538 g/mol. The third-order valence-corrected chi connectivity index (χ3v) is 7.80. The fourth-order valence-corrected chi connectivity index (χ4v) is 5.75. The normalized spacial score (nSPS) is 15.1. The van der Waals surface area contributed by atoms with Crippen molar-refractivity contribution in [2.75, 3.05) is 11.5 Å². The van der Waals surface area contributed by atoms with E-state index in [-0.39, 0.29) is 17.7 Å². The number of benzene rings is 3. The van der Waals surface area contributed by atoms with Crippen LogP contribution in [0.15, 0.2) is 90.2 Å². The minimum atomic E-state index is -0.912. The molecule has 1 N–H and O–H groups in total. The molecule has 0 spiro atoms. The maximum Gasteiger partial charge on any atom is 0.338 e. The lowest BCUT2D eigenvalue weighted by atomic mass is 9.92. The average Bonchev–Trinajstić information content (AvgIpc) is 3.46. The molecule has 2 heterocycles. The van der Waals surface area contributed by atoms with E-state index in [4.69, 9.17) is 4.74 Å². The number of aryl methyl sites for hydroxylation is 2. The van der Waals surface area contributed by atoms with Gasteiger partial charge in [-0.3, -0.25) is 14.5 Å². The number of amides is 1. The minimum Gasteiger partial charge on any atom is -0.503 e. The highest BCUT2D eigenvalue weighted by molar-refractivity contribution is 7.17. The number of hydrogen-bond donors (Lipinski definition) is 1. The molecule has 1 amide bonds. The van der Waals surface area contributed by atoms with Crippen LogP contribution in [0.4, 0.5) is 5.69 Å². The zero-order valence-corrected chi connectivity index (χ0v) is 22.5. The van der Waals surface area contributed by atoms with Crippen LogP contribution < -0.4 is 4.90 Å². The van der Waals surface area contributed by atoms with Crippen molar-refractivity contribution in [1.29, 1.82) is 0 Å². The Labute approximate surface area is 230 Å². The molecule has 39 heavy (non-hydrogen) atoms. The van der Waals surface area contributed by atoms with Gasteiger partial charge in [0.15, 0.2) is 5.76 Å². The Morgan fingerprint density at radius 3 is 2.44 bits per heavy atom. The molecule has 0 aliphatic carbocycles. The summed E-state index contributed by atoms with van der Waals surface area (Å²) in [7, 11) is 0. The van der Waals surface area contributed by atoms with Gasteiger partial charge >= 0.3 is 5.97 Å². The molecule has 0 saturated heterocycles. The first-order valence-electron chi connectivity index (χ1n) is 12.5. The van der Waals surface area contributed by atoms with Crippen LogP contribution in [0, 0.1) is 13.8 Å². The number of Topliss-reactive ketones (excluding diaryl/α,β-unsaturated/α-hetero) is 1. The number of ketones is 1. The summed E-state index contributed by atoms with van der Waals surface area (Å²) in [6.07, 6.45) is 0. The molecule has 0 fully saturated rings. The quantitative estimate of drug-likeness (QED) is 0.216. The predicted molar refractivity (Wildman–Crippen MR) is 150 cm³/mol. The maximum atomic E-state index is 14.1. The molecule has 1 aromatic heterocycles. The lowest BCUT2D eigenvalue weighted by molar-refractivity contribution is -0.117. The Kier molecular flexibility index (Phi) is 7.13. The molecular weight excluding hydrogens is 512 g/mol. The van der Waals surface area contributed by atoms with E-state index >= 15 is 0 Å². The summed E-state index contributed by atoms with van der Waals surface area (Å²) < 4.78 is 5.13. The number of nitrogens with zero attached hydrogens (tertiary/aromatic N) is 2. The summed E-state index contributed by atoms with van der Waals surface area (Å²) in [5.41, 5.74) is 3.51. The van der Waals surface area contributed by atoms with E-state index in [9.17, 15) is 19.5 Å². The zero-order chi connectivity index (χ0) is 27.7. The van der Waals surface area contributed by atoms with Crippen LogP contribution in [-0.2, 0) is 9.53 Å². The number of aliphatic hydroxyl groups excluding tert-OH is 1. The van der Waals surface area contributed by atoms with E-state index in [2.05, 4.69) is 4.98 Å². The number of aliphatic hydroxyl groups is 1. The molecule has 3 aromatic carbocycles. The molecule has 1 aliphatic rings. The van der Waals surface area contributed by atoms with Crippen molar-refractivity contribution in [2.24, 2.45) is 0 Å². The van der Waals surface area contributed by atoms with Crippen molar-refractivity contribution in [3.05, 3.63) is 117 Å². The Morgan fingerprint density at radius 1 is 1.00 bits per heavy atom. The van der Waals surface area contributed by atoms with E-state index in [1.807, 2.05) is 61.5 Å². The van der Waals surface area contributed by atoms with Crippen LogP contribution in [0.1, 0.15) is 49.8 Å². The third-order valence-electron chi connectivity index (χ3n) is 6.59. The number of aromatic nitrogens is 1. The summed E-state index contributed by atoms with van der Waals surface area (Å²) in [5.74, 6) is -2.34. The van der Waals surface area contributed by atoms with Crippen molar-refractivity contribution in [2.45, 2.75) is 26.8 Å². The topological polar surface area (TPSA) is 96.8 Å². The molecule has 0 bridgehead atoms. The fourth-order valence-electron chi connectivity index (χ4n) is 4.72. The summed E-state index contributed by atoms with van der Waals surface area (Å²) >= 11 is 1.22. The first-order valence-corrected chi connectivity index (χ1v) is 13.3. The largest absolute Gasteiger partial charge is 0.503 e. The standard InChI is InChI=1S/C31H26N2O5S/c1-4-38-31(37)21-14-10-15-22(17-21)33-25(23-16-9-8-11-18(23)2)24(27(35)30(33)36)26(34)28-19(3)32-29(39-28)20-12-6-5-7-13-20/h5-17,25,35H,4H2,1-3H3. The molecule has 0 radical (unpaired) electrons. The zero-order valence-electron chi connectivity index (χ0n) is 21.7. The average molecular weight is 539 g/mol. The number of ether oxygens (including phenoxy) is 1. The van der Waals surface area contributed by atoms with Gasteiger partial charge in [-0.15, -0.1) is 11.3 Å². The molecule has 1 unspecified atom stereocenters. The van der Waals surface area contributed by atoms with Crippen LogP contribution >= 0.6 is 11.3 Å². The molecule has 5 rings (SSSR count). The molecular formula is C31H26N2O5S. The number of anilines is 1. The molecule has 8 heteroatoms. The number of rotatable bonds is 7. The Morgan fingerprint density at radius 2 is 1.72 bits per heavy atom. The molecule has 1 aliphatic heterocycles. The Hall–Kier alpha value is -4.56. The molecule has 0 saturated carbocycles. The maximum absolute atomic E-state index is 14.1. The first-order chi connectivity index (χ1) is 18.8. The first kappa shape index (κ1) is 26.1. The Balaban J connectivity index is 1.63. The molecule has 196 valence electrons. The fraction of sp³-hybridized carbons (Fsp3) is 0.161. The van der Waals surface area contributed by atoms with Gasteiger partial charge in [-0.2, -0.15) is 0 Å². The van der Waals surface area contributed by atoms with Crippen molar-refractivity contribution >= 4 is 34.7 Å². The van der Waals surface area contributed by atoms with Crippen LogP contribution in [0.25, 0.3) is 10.6 Å². The van der Waals surface area contributed by atoms with Gasteiger partial charge in [0.2, 0.25) is 5.78 Å². The van der Waals surface area contributed by atoms with Crippen molar-refractivity contribution in [1.82, 2.24) is 4.98 Å². The molecule has 4 aromatic rings. The van der Waals surface area contributed by atoms with Gasteiger partial charge in [-0.05, 0) is 50.1 Å². The number of thiazole rings is 1. The number of carbonyl (C=O) groups excluding carboxylic acids is 3. The van der Waals surface area contributed by atoms with Crippen LogP contribution in [0.5, 0.6) is 0 Å².